The van der Waals surface area contributed by atoms with E-state index in [-0.39, 0.29) is 0 Å². The van der Waals surface area contributed by atoms with E-state index >= 15 is 0 Å². The third-order valence-corrected chi connectivity index (χ3v) is 2.10. The van der Waals surface area contributed by atoms with Crippen LogP contribution in [0.15, 0.2) is 26.7 Å². The molecule has 0 amide bonds. The van der Waals surface area contributed by atoms with Crippen molar-refractivity contribution < 1.29 is 8.78 Å². The average molecular weight is 236 g/mol. The van der Waals surface area contributed by atoms with Gasteiger partial charge >= 0.3 is 0 Å². The second-order valence-electron chi connectivity index (χ2n) is 2.19. The van der Waals surface area contributed by atoms with Crippen LogP contribution in [-0.4, -0.2) is 11.4 Å². The molecule has 0 unspecified atom stereocenters. The SMILES string of the molecule is N#C/N=C1\C(F)=C(Cl)C(=N)C(F)=C1Cl. The van der Waals surface area contributed by atoms with E-state index in [0.29, 0.717) is 0 Å². The highest BCUT2D eigenvalue weighted by Gasteiger charge is 2.30. The van der Waals surface area contributed by atoms with Gasteiger partial charge in [-0.25, -0.2) is 8.78 Å². The van der Waals surface area contributed by atoms with Gasteiger partial charge in [0.05, 0.1) is 0 Å². The van der Waals surface area contributed by atoms with Gasteiger partial charge in [-0.3, -0.25) is 5.41 Å². The van der Waals surface area contributed by atoms with Crippen molar-refractivity contribution in [3.8, 4) is 6.19 Å². The molecule has 0 aromatic rings. The molecule has 0 spiro atoms. The van der Waals surface area contributed by atoms with Crippen LogP contribution in [-0.2, 0) is 0 Å². The lowest BCUT2D eigenvalue weighted by molar-refractivity contribution is 0.657. The van der Waals surface area contributed by atoms with Crippen LogP contribution in [0.1, 0.15) is 0 Å². The Balaban J connectivity index is 3.43. The van der Waals surface area contributed by atoms with Gasteiger partial charge < -0.3 is 0 Å². The van der Waals surface area contributed by atoms with Crippen LogP contribution in [0.5, 0.6) is 0 Å². The van der Waals surface area contributed by atoms with Gasteiger partial charge in [0.1, 0.15) is 21.5 Å². The summed E-state index contributed by atoms with van der Waals surface area (Å²) in [5.74, 6) is -2.38. The molecule has 1 aliphatic rings. The predicted octanol–water partition coefficient (Wildman–Crippen LogP) is 2.78. The maximum absolute atomic E-state index is 13.1. The molecule has 1 rings (SSSR count). The highest BCUT2D eigenvalue weighted by atomic mass is 35.5. The minimum absolute atomic E-state index is 0.687. The van der Waals surface area contributed by atoms with Crippen molar-refractivity contribution in [2.45, 2.75) is 0 Å². The number of nitrogens with one attached hydrogen (secondary N) is 1. The van der Waals surface area contributed by atoms with Gasteiger partial charge in [0.25, 0.3) is 0 Å². The molecule has 0 bridgehead atoms. The zero-order valence-corrected chi connectivity index (χ0v) is 7.92. The molecule has 1 aliphatic carbocycles. The molecule has 0 aliphatic heterocycles. The molecular formula is C7HCl2F2N3. The number of hydrogen-bond donors (Lipinski definition) is 1. The molecule has 0 heterocycles. The Bertz CT molecular complexity index is 412. The minimum atomic E-state index is -1.20. The molecule has 7 heteroatoms. The predicted molar refractivity (Wildman–Crippen MR) is 48.7 cm³/mol. The molecule has 0 saturated carbocycles. The Morgan fingerprint density at radius 2 is 1.79 bits per heavy atom. The van der Waals surface area contributed by atoms with Crippen molar-refractivity contribution in [3.63, 3.8) is 0 Å². The quantitative estimate of drug-likeness (QED) is 0.510. The molecule has 72 valence electrons. The summed E-state index contributed by atoms with van der Waals surface area (Å²) < 4.78 is 26.2. The first-order valence-corrected chi connectivity index (χ1v) is 3.93. The molecular weight excluding hydrogens is 235 g/mol. The van der Waals surface area contributed by atoms with Crippen LogP contribution in [0.2, 0.25) is 0 Å². The first kappa shape index (κ1) is 10.8. The summed E-state index contributed by atoms with van der Waals surface area (Å²) in [6.07, 6.45) is 1.25. The topological polar surface area (TPSA) is 60.0 Å². The Labute approximate surface area is 87.5 Å². The zero-order valence-electron chi connectivity index (χ0n) is 6.41. The normalized spacial score (nSPS) is 20.5. The van der Waals surface area contributed by atoms with Crippen molar-refractivity contribution in [2.24, 2.45) is 4.99 Å². The first-order valence-electron chi connectivity index (χ1n) is 3.18. The maximum atomic E-state index is 13.1. The summed E-state index contributed by atoms with van der Waals surface area (Å²) in [5, 5.41) is 13.7. The van der Waals surface area contributed by atoms with E-state index in [1.54, 1.807) is 0 Å². The summed E-state index contributed by atoms with van der Waals surface area (Å²) >= 11 is 10.6. The molecule has 0 radical (unpaired) electrons. The minimum Gasteiger partial charge on any atom is -0.296 e. The monoisotopic (exact) mass is 235 g/mol. The lowest BCUT2D eigenvalue weighted by Gasteiger charge is -2.11. The lowest BCUT2D eigenvalue weighted by Crippen LogP contribution is -2.15. The van der Waals surface area contributed by atoms with Gasteiger partial charge in [-0.15, -0.1) is 0 Å². The number of allylic oxidation sites excluding steroid dienone is 4. The van der Waals surface area contributed by atoms with Crippen molar-refractivity contribution in [1.82, 2.24) is 0 Å². The van der Waals surface area contributed by atoms with Crippen molar-refractivity contribution in [1.29, 1.82) is 10.7 Å². The maximum Gasteiger partial charge on any atom is 0.206 e. The molecule has 0 saturated heterocycles. The highest BCUT2D eigenvalue weighted by Crippen LogP contribution is 2.31. The number of nitrogens with zero attached hydrogens (tertiary/aromatic N) is 2. The fourth-order valence-corrected chi connectivity index (χ4v) is 1.16. The van der Waals surface area contributed by atoms with Gasteiger partial charge in [-0.2, -0.15) is 10.3 Å². The third-order valence-electron chi connectivity index (χ3n) is 1.40. The number of nitriles is 1. The molecule has 14 heavy (non-hydrogen) atoms. The van der Waals surface area contributed by atoms with Crippen molar-refractivity contribution in [2.75, 3.05) is 0 Å². The number of hydrogen-bond acceptors (Lipinski definition) is 3. The fourth-order valence-electron chi connectivity index (χ4n) is 0.768. The van der Waals surface area contributed by atoms with E-state index in [4.69, 9.17) is 33.9 Å². The summed E-state index contributed by atoms with van der Waals surface area (Å²) in [5.41, 5.74) is -1.54. The Hall–Kier alpha value is -1.25. The summed E-state index contributed by atoms with van der Waals surface area (Å²) in [7, 11) is 0. The zero-order chi connectivity index (χ0) is 10.9. The summed E-state index contributed by atoms with van der Waals surface area (Å²) in [6.45, 7) is 0. The molecule has 0 aromatic carbocycles. The Morgan fingerprint density at radius 1 is 1.21 bits per heavy atom. The number of halogens is 4. The van der Waals surface area contributed by atoms with Gasteiger partial charge in [0, 0.05) is 0 Å². The van der Waals surface area contributed by atoms with Crippen LogP contribution in [0.4, 0.5) is 8.78 Å². The molecule has 0 atom stereocenters. The first-order chi connectivity index (χ1) is 6.50. The van der Waals surface area contributed by atoms with Crippen LogP contribution in [0.25, 0.3) is 0 Å². The second kappa shape index (κ2) is 3.86. The Morgan fingerprint density at radius 3 is 2.29 bits per heavy atom. The Kier molecular flexibility index (Phi) is 2.99. The summed E-state index contributed by atoms with van der Waals surface area (Å²) in [4.78, 5) is 2.96. The molecule has 0 fully saturated rings. The highest BCUT2D eigenvalue weighted by molar-refractivity contribution is 6.56. The van der Waals surface area contributed by atoms with Gasteiger partial charge in [0.15, 0.2) is 11.7 Å². The van der Waals surface area contributed by atoms with E-state index in [0.717, 1.165) is 0 Å². The van der Waals surface area contributed by atoms with E-state index in [1.165, 1.54) is 6.19 Å². The van der Waals surface area contributed by atoms with E-state index < -0.39 is 33.1 Å². The second-order valence-corrected chi connectivity index (χ2v) is 2.95. The average Bonchev–Trinajstić information content (AvgIpc) is 2.19. The third kappa shape index (κ3) is 1.54. The van der Waals surface area contributed by atoms with E-state index in [1.807, 2.05) is 0 Å². The van der Waals surface area contributed by atoms with Crippen LogP contribution >= 0.6 is 23.2 Å². The fraction of sp³-hybridized carbons (Fsp3) is 0. The van der Waals surface area contributed by atoms with Crippen molar-refractivity contribution >= 4 is 34.6 Å². The summed E-state index contributed by atoms with van der Waals surface area (Å²) in [6, 6.07) is 0. The standard InChI is InChI=1S/C7HCl2F2N3/c8-2-5(11)7(14-1-12)3(9)4(10)6(2)13/h13H/b13-6?,14-7-. The number of aliphatic imine (C=N–C) groups is 1. The largest absolute Gasteiger partial charge is 0.296 e. The van der Waals surface area contributed by atoms with Crippen LogP contribution < -0.4 is 0 Å². The lowest BCUT2D eigenvalue weighted by atomic mass is 10.1. The number of rotatable bonds is 0. The van der Waals surface area contributed by atoms with Gasteiger partial charge in [-0.1, -0.05) is 23.2 Å². The van der Waals surface area contributed by atoms with Crippen LogP contribution in [0, 0.1) is 16.9 Å². The molecule has 3 nitrogen and oxygen atoms in total. The van der Waals surface area contributed by atoms with Crippen LogP contribution in [0.3, 0.4) is 0 Å². The van der Waals surface area contributed by atoms with Crippen molar-refractivity contribution in [3.05, 3.63) is 21.7 Å². The van der Waals surface area contributed by atoms with Gasteiger partial charge in [-0.05, 0) is 0 Å². The van der Waals surface area contributed by atoms with E-state index in [9.17, 15) is 8.78 Å². The molecule has 0 aromatic heterocycles. The molecule has 1 N–H and O–H groups in total. The smallest absolute Gasteiger partial charge is 0.206 e. The van der Waals surface area contributed by atoms with Gasteiger partial charge in [0.2, 0.25) is 6.19 Å². The van der Waals surface area contributed by atoms with E-state index in [2.05, 4.69) is 4.99 Å².